The predicted octanol–water partition coefficient (Wildman–Crippen LogP) is 4.73. The van der Waals surface area contributed by atoms with Crippen LogP contribution in [0.5, 0.6) is 34.5 Å². The van der Waals surface area contributed by atoms with Crippen molar-refractivity contribution in [1.82, 2.24) is 5.01 Å². The van der Waals surface area contributed by atoms with E-state index in [4.69, 9.17) is 33.5 Å². The van der Waals surface area contributed by atoms with Gasteiger partial charge >= 0.3 is 0 Å². The molecule has 3 aliphatic heterocycles. The Hall–Kier alpha value is -4.07. The van der Waals surface area contributed by atoms with E-state index in [1.165, 1.54) is 0 Å². The van der Waals surface area contributed by atoms with Gasteiger partial charge in [-0.3, -0.25) is 0 Å². The van der Waals surface area contributed by atoms with Gasteiger partial charge in [0.1, 0.15) is 19.0 Å². The first-order valence-electron chi connectivity index (χ1n) is 11.5. The monoisotopic (exact) mass is 474 g/mol. The van der Waals surface area contributed by atoms with Crippen molar-refractivity contribution in [1.29, 1.82) is 0 Å². The van der Waals surface area contributed by atoms with Gasteiger partial charge in [-0.25, -0.2) is 5.01 Å². The van der Waals surface area contributed by atoms with E-state index in [-0.39, 0.29) is 6.04 Å². The highest BCUT2D eigenvalue weighted by Gasteiger charge is 2.41. The second-order valence-electron chi connectivity index (χ2n) is 8.47. The summed E-state index contributed by atoms with van der Waals surface area (Å²) in [5.41, 5.74) is 3.92. The average molecular weight is 475 g/mol. The molecule has 0 saturated heterocycles. The number of fused-ring (bicyclic) bond motifs is 4. The number of hydrogen-bond acceptors (Lipinski definition) is 8. The maximum Gasteiger partial charge on any atom is 0.214 e. The summed E-state index contributed by atoms with van der Waals surface area (Å²) in [6.07, 6.45) is 0.263. The van der Waals surface area contributed by atoms with Gasteiger partial charge in [0.05, 0.1) is 33.1 Å². The van der Waals surface area contributed by atoms with Crippen LogP contribution in [0.1, 0.15) is 35.4 Å². The van der Waals surface area contributed by atoms with E-state index in [2.05, 4.69) is 6.07 Å². The first-order chi connectivity index (χ1) is 17.2. The van der Waals surface area contributed by atoms with E-state index in [1.54, 1.807) is 21.3 Å². The third kappa shape index (κ3) is 3.56. The number of benzene rings is 3. The molecule has 0 aliphatic carbocycles. The molecule has 0 amide bonds. The highest BCUT2D eigenvalue weighted by molar-refractivity contribution is 6.02. The van der Waals surface area contributed by atoms with Gasteiger partial charge in [0.15, 0.2) is 23.0 Å². The molecular weight excluding hydrogens is 448 g/mol. The summed E-state index contributed by atoms with van der Waals surface area (Å²) in [5, 5.41) is 7.08. The van der Waals surface area contributed by atoms with Crippen LogP contribution in [-0.2, 0) is 0 Å². The Balaban J connectivity index is 1.44. The fourth-order valence-electron chi connectivity index (χ4n) is 4.90. The fourth-order valence-corrected chi connectivity index (χ4v) is 4.90. The largest absolute Gasteiger partial charge is 0.493 e. The van der Waals surface area contributed by atoms with E-state index in [9.17, 15) is 0 Å². The van der Waals surface area contributed by atoms with Crippen LogP contribution in [0, 0.1) is 0 Å². The molecule has 0 unspecified atom stereocenters. The zero-order valence-electron chi connectivity index (χ0n) is 19.8. The third-order valence-corrected chi connectivity index (χ3v) is 6.55. The molecule has 35 heavy (non-hydrogen) atoms. The summed E-state index contributed by atoms with van der Waals surface area (Å²) in [6, 6.07) is 17.9. The number of methoxy groups -OCH3 is 3. The molecule has 0 bridgehead atoms. The first kappa shape index (κ1) is 21.5. The van der Waals surface area contributed by atoms with E-state index in [0.717, 1.165) is 46.1 Å². The molecule has 0 saturated carbocycles. The lowest BCUT2D eigenvalue weighted by atomic mass is 9.95. The average Bonchev–Trinajstić information content (AvgIpc) is 3.37. The minimum Gasteiger partial charge on any atom is -0.493 e. The summed E-state index contributed by atoms with van der Waals surface area (Å²) in [4.78, 5) is 0. The second-order valence-corrected chi connectivity index (χ2v) is 8.47. The molecule has 0 fully saturated rings. The smallest absolute Gasteiger partial charge is 0.214 e. The summed E-state index contributed by atoms with van der Waals surface area (Å²) in [7, 11) is 4.80. The molecule has 3 aliphatic rings. The number of rotatable bonds is 5. The lowest BCUT2D eigenvalue weighted by Gasteiger charge is -2.38. The van der Waals surface area contributed by atoms with Gasteiger partial charge in [-0.1, -0.05) is 18.2 Å². The molecular formula is C27H26N2O6. The van der Waals surface area contributed by atoms with Crippen LogP contribution in [0.4, 0.5) is 0 Å². The minimum atomic E-state index is -0.474. The quantitative estimate of drug-likeness (QED) is 0.530. The van der Waals surface area contributed by atoms with E-state index < -0.39 is 6.23 Å². The maximum absolute atomic E-state index is 6.50. The van der Waals surface area contributed by atoms with E-state index in [0.29, 0.717) is 30.5 Å². The van der Waals surface area contributed by atoms with Crippen molar-refractivity contribution in [2.75, 3.05) is 34.5 Å². The van der Waals surface area contributed by atoms with Crippen LogP contribution in [0.2, 0.25) is 0 Å². The molecule has 180 valence electrons. The molecule has 0 N–H and O–H groups in total. The highest BCUT2D eigenvalue weighted by Crippen LogP contribution is 2.50. The molecule has 8 heteroatoms. The molecule has 2 atom stereocenters. The third-order valence-electron chi connectivity index (χ3n) is 6.55. The minimum absolute atomic E-state index is 0.0206. The highest BCUT2D eigenvalue weighted by atomic mass is 16.6. The Kier molecular flexibility index (Phi) is 5.28. The van der Waals surface area contributed by atoms with Crippen molar-refractivity contribution in [2.45, 2.75) is 18.7 Å². The van der Waals surface area contributed by atoms with Gasteiger partial charge in [-0.15, -0.1) is 0 Å². The normalized spacial score (nSPS) is 19.7. The van der Waals surface area contributed by atoms with Gasteiger partial charge < -0.3 is 28.4 Å². The van der Waals surface area contributed by atoms with E-state index >= 15 is 0 Å². The van der Waals surface area contributed by atoms with Crippen LogP contribution >= 0.6 is 0 Å². The Labute approximate surface area is 203 Å². The predicted molar refractivity (Wildman–Crippen MR) is 129 cm³/mol. The van der Waals surface area contributed by atoms with Crippen molar-refractivity contribution in [3.05, 3.63) is 71.3 Å². The zero-order chi connectivity index (χ0) is 23.9. The summed E-state index contributed by atoms with van der Waals surface area (Å²) in [5.74, 6) is 4.02. The lowest BCUT2D eigenvalue weighted by molar-refractivity contribution is -0.0192. The van der Waals surface area contributed by atoms with Crippen LogP contribution in [-0.4, -0.2) is 45.3 Å². The molecule has 3 heterocycles. The maximum atomic E-state index is 6.50. The Morgan fingerprint density at radius 3 is 2.31 bits per heavy atom. The molecule has 3 aromatic rings. The standard InChI is InChI=1S/C27H26N2O6/c1-30-24-13-17(14-25(31-2)26(24)32-3)27-29-20(18-6-4-5-7-21(18)35-27)15-19(28-29)16-8-9-22-23(12-16)34-11-10-33-22/h4-9,12-14,20,27H,10-11,15H2,1-3H3/t20-,27+/m1/s1. The van der Waals surface area contributed by atoms with Gasteiger partial charge in [0.25, 0.3) is 0 Å². The van der Waals surface area contributed by atoms with Crippen molar-refractivity contribution in [3.63, 3.8) is 0 Å². The Bertz CT molecular complexity index is 1280. The zero-order valence-corrected chi connectivity index (χ0v) is 19.8. The van der Waals surface area contributed by atoms with Gasteiger partial charge in [0, 0.05) is 23.1 Å². The van der Waals surface area contributed by atoms with Gasteiger partial charge in [-0.05, 0) is 36.4 Å². The molecule has 8 nitrogen and oxygen atoms in total. The van der Waals surface area contributed by atoms with Crippen molar-refractivity contribution >= 4 is 5.71 Å². The molecule has 6 rings (SSSR count). The second kappa shape index (κ2) is 8.61. The van der Waals surface area contributed by atoms with E-state index in [1.807, 2.05) is 53.5 Å². The SMILES string of the molecule is COc1cc([C@@H]2Oc3ccccc3[C@H]3CC(c4ccc5c(c4)OCCO5)=NN32)cc(OC)c1OC. The van der Waals surface area contributed by atoms with Crippen LogP contribution < -0.4 is 28.4 Å². The summed E-state index contributed by atoms with van der Waals surface area (Å²) in [6.45, 7) is 1.11. The first-order valence-corrected chi connectivity index (χ1v) is 11.5. The number of hydrogen-bond donors (Lipinski definition) is 0. The number of ether oxygens (including phenoxy) is 6. The molecule has 0 aromatic heterocycles. The number of para-hydroxylation sites is 1. The molecule has 0 radical (unpaired) electrons. The van der Waals surface area contributed by atoms with Gasteiger partial charge in [-0.2, -0.15) is 5.10 Å². The topological polar surface area (TPSA) is 71.0 Å². The number of nitrogens with zero attached hydrogens (tertiary/aromatic N) is 2. The summed E-state index contributed by atoms with van der Waals surface area (Å²) < 4.78 is 34.7. The van der Waals surface area contributed by atoms with Crippen LogP contribution in [0.3, 0.4) is 0 Å². The fraction of sp³-hybridized carbons (Fsp3) is 0.296. The number of hydrazone groups is 1. The van der Waals surface area contributed by atoms with Gasteiger partial charge in [0.2, 0.25) is 12.0 Å². The van der Waals surface area contributed by atoms with Crippen molar-refractivity contribution in [2.24, 2.45) is 5.10 Å². The Morgan fingerprint density at radius 1 is 0.829 bits per heavy atom. The molecule has 0 spiro atoms. The van der Waals surface area contributed by atoms with Crippen molar-refractivity contribution in [3.8, 4) is 34.5 Å². The van der Waals surface area contributed by atoms with Crippen LogP contribution in [0.15, 0.2) is 59.7 Å². The van der Waals surface area contributed by atoms with Crippen molar-refractivity contribution < 1.29 is 28.4 Å². The van der Waals surface area contributed by atoms with Crippen LogP contribution in [0.25, 0.3) is 0 Å². The lowest BCUT2D eigenvalue weighted by Crippen LogP contribution is -2.33. The summed E-state index contributed by atoms with van der Waals surface area (Å²) >= 11 is 0. The Morgan fingerprint density at radius 2 is 1.57 bits per heavy atom. The molecule has 3 aromatic carbocycles.